The number of amides is 1. The SMILES string of the molecule is CCOC(=O)Cc1csc(NC(=O)C(C)(C)C#N)n1. The molecule has 19 heavy (non-hydrogen) atoms. The highest BCUT2D eigenvalue weighted by atomic mass is 32.1. The first kappa shape index (κ1) is 15.1. The van der Waals surface area contributed by atoms with Gasteiger partial charge >= 0.3 is 5.97 Å². The third-order valence-corrected chi connectivity index (χ3v) is 3.06. The van der Waals surface area contributed by atoms with Crippen LogP contribution in [0.4, 0.5) is 5.13 Å². The molecule has 0 atom stereocenters. The number of thiazole rings is 1. The van der Waals surface area contributed by atoms with E-state index in [1.165, 1.54) is 25.2 Å². The molecule has 1 amide bonds. The van der Waals surface area contributed by atoms with Gasteiger partial charge in [-0.2, -0.15) is 5.26 Å². The fraction of sp³-hybridized carbons (Fsp3) is 0.500. The Hall–Kier alpha value is -1.94. The Kier molecular flexibility index (Phi) is 5.01. The molecule has 0 aliphatic carbocycles. The average Bonchev–Trinajstić information content (AvgIpc) is 2.76. The predicted molar refractivity (Wildman–Crippen MR) is 70.5 cm³/mol. The van der Waals surface area contributed by atoms with E-state index in [0.717, 1.165) is 0 Å². The minimum atomic E-state index is -1.12. The Morgan fingerprint density at radius 3 is 2.84 bits per heavy atom. The number of carbonyl (C=O) groups excluding carboxylic acids is 2. The summed E-state index contributed by atoms with van der Waals surface area (Å²) in [4.78, 5) is 27.1. The lowest BCUT2D eigenvalue weighted by Gasteiger charge is -2.12. The Morgan fingerprint density at radius 1 is 1.58 bits per heavy atom. The van der Waals surface area contributed by atoms with Crippen molar-refractivity contribution in [1.82, 2.24) is 4.98 Å². The standard InChI is InChI=1S/C12H15N3O3S/c1-4-18-9(16)5-8-6-19-11(14-8)15-10(17)12(2,3)7-13/h6H,4-5H2,1-3H3,(H,14,15,17). The van der Waals surface area contributed by atoms with Gasteiger partial charge in [-0.1, -0.05) is 0 Å². The first-order valence-corrected chi connectivity index (χ1v) is 6.59. The molecule has 1 aromatic rings. The normalized spacial score (nSPS) is 10.6. The third kappa shape index (κ3) is 4.34. The molecule has 0 saturated carbocycles. The number of nitrogens with zero attached hydrogens (tertiary/aromatic N) is 2. The maximum absolute atomic E-state index is 11.7. The first-order valence-electron chi connectivity index (χ1n) is 5.71. The summed E-state index contributed by atoms with van der Waals surface area (Å²) in [6.45, 7) is 5.10. The lowest BCUT2D eigenvalue weighted by molar-refractivity contribution is -0.142. The van der Waals surface area contributed by atoms with Crippen LogP contribution in [-0.2, 0) is 20.7 Å². The molecule has 7 heteroatoms. The van der Waals surface area contributed by atoms with E-state index < -0.39 is 11.3 Å². The number of aromatic nitrogens is 1. The predicted octanol–water partition coefficient (Wildman–Crippen LogP) is 1.74. The molecular weight excluding hydrogens is 266 g/mol. The Bertz CT molecular complexity index is 517. The number of ether oxygens (including phenoxy) is 1. The second kappa shape index (κ2) is 6.29. The fourth-order valence-electron chi connectivity index (χ4n) is 1.11. The molecule has 0 aliphatic rings. The van der Waals surface area contributed by atoms with Crippen molar-refractivity contribution in [3.63, 3.8) is 0 Å². The Balaban J connectivity index is 2.64. The summed E-state index contributed by atoms with van der Waals surface area (Å²) in [7, 11) is 0. The van der Waals surface area contributed by atoms with E-state index in [4.69, 9.17) is 10.00 Å². The van der Waals surface area contributed by atoms with Crippen LogP contribution in [0.1, 0.15) is 26.5 Å². The van der Waals surface area contributed by atoms with Gasteiger partial charge in [0.05, 0.1) is 24.8 Å². The zero-order valence-corrected chi connectivity index (χ0v) is 11.8. The minimum absolute atomic E-state index is 0.0713. The fourth-order valence-corrected chi connectivity index (χ4v) is 1.81. The van der Waals surface area contributed by atoms with Crippen LogP contribution < -0.4 is 5.32 Å². The van der Waals surface area contributed by atoms with Gasteiger partial charge in [-0.25, -0.2) is 4.98 Å². The first-order chi connectivity index (χ1) is 8.89. The number of anilines is 1. The van der Waals surface area contributed by atoms with E-state index in [1.54, 1.807) is 12.3 Å². The van der Waals surface area contributed by atoms with Crippen LogP contribution in [0.15, 0.2) is 5.38 Å². The topological polar surface area (TPSA) is 92.1 Å². The largest absolute Gasteiger partial charge is 0.466 e. The summed E-state index contributed by atoms with van der Waals surface area (Å²) in [6.07, 6.45) is 0.0713. The van der Waals surface area contributed by atoms with Crippen molar-refractivity contribution in [2.75, 3.05) is 11.9 Å². The zero-order chi connectivity index (χ0) is 14.5. The number of rotatable bonds is 5. The van der Waals surface area contributed by atoms with Crippen LogP contribution >= 0.6 is 11.3 Å². The molecule has 1 rings (SSSR count). The number of hydrogen-bond donors (Lipinski definition) is 1. The van der Waals surface area contributed by atoms with Crippen molar-refractivity contribution in [3.05, 3.63) is 11.1 Å². The number of hydrogen-bond acceptors (Lipinski definition) is 6. The van der Waals surface area contributed by atoms with Crippen molar-refractivity contribution in [2.45, 2.75) is 27.2 Å². The van der Waals surface area contributed by atoms with E-state index in [0.29, 0.717) is 17.4 Å². The molecular formula is C12H15N3O3S. The molecule has 6 nitrogen and oxygen atoms in total. The molecule has 0 radical (unpaired) electrons. The highest BCUT2D eigenvalue weighted by Crippen LogP contribution is 2.20. The molecule has 1 heterocycles. The summed E-state index contributed by atoms with van der Waals surface area (Å²) in [5.41, 5.74) is -0.582. The van der Waals surface area contributed by atoms with Gasteiger partial charge < -0.3 is 10.1 Å². The molecule has 0 fully saturated rings. The molecule has 0 aliphatic heterocycles. The molecule has 0 unspecified atom stereocenters. The molecule has 0 spiro atoms. The number of esters is 1. The highest BCUT2D eigenvalue weighted by molar-refractivity contribution is 7.13. The smallest absolute Gasteiger partial charge is 0.311 e. The van der Waals surface area contributed by atoms with Gasteiger partial charge in [0.15, 0.2) is 5.13 Å². The van der Waals surface area contributed by atoms with Crippen LogP contribution in [0.25, 0.3) is 0 Å². The molecule has 1 aromatic heterocycles. The highest BCUT2D eigenvalue weighted by Gasteiger charge is 2.28. The molecule has 102 valence electrons. The molecule has 0 saturated heterocycles. The van der Waals surface area contributed by atoms with E-state index in [1.807, 2.05) is 6.07 Å². The lowest BCUT2D eigenvalue weighted by Crippen LogP contribution is -2.29. The van der Waals surface area contributed by atoms with Gasteiger partial charge in [0.25, 0.3) is 0 Å². The number of carbonyl (C=O) groups is 2. The van der Waals surface area contributed by atoms with Crippen LogP contribution in [0, 0.1) is 16.7 Å². The van der Waals surface area contributed by atoms with Crippen molar-refractivity contribution in [3.8, 4) is 6.07 Å². The molecule has 0 bridgehead atoms. The van der Waals surface area contributed by atoms with E-state index in [2.05, 4.69) is 10.3 Å². The summed E-state index contributed by atoms with van der Waals surface area (Å²) in [5, 5.41) is 13.4. The maximum atomic E-state index is 11.7. The lowest BCUT2D eigenvalue weighted by atomic mass is 9.95. The summed E-state index contributed by atoms with van der Waals surface area (Å²) < 4.78 is 4.80. The van der Waals surface area contributed by atoms with Gasteiger partial charge in [0.1, 0.15) is 5.41 Å². The van der Waals surface area contributed by atoms with Crippen molar-refractivity contribution in [1.29, 1.82) is 5.26 Å². The van der Waals surface area contributed by atoms with Gasteiger partial charge in [-0.3, -0.25) is 9.59 Å². The van der Waals surface area contributed by atoms with E-state index in [-0.39, 0.29) is 12.4 Å². The quantitative estimate of drug-likeness (QED) is 0.830. The Morgan fingerprint density at radius 2 is 2.26 bits per heavy atom. The second-order valence-corrected chi connectivity index (χ2v) is 5.17. The average molecular weight is 281 g/mol. The third-order valence-electron chi connectivity index (χ3n) is 2.25. The van der Waals surface area contributed by atoms with Gasteiger partial charge in [-0.15, -0.1) is 11.3 Å². The van der Waals surface area contributed by atoms with Gasteiger partial charge in [0.2, 0.25) is 5.91 Å². The van der Waals surface area contributed by atoms with Gasteiger partial charge in [0, 0.05) is 5.38 Å². The van der Waals surface area contributed by atoms with Crippen molar-refractivity contribution in [2.24, 2.45) is 5.41 Å². The van der Waals surface area contributed by atoms with Crippen LogP contribution in [0.5, 0.6) is 0 Å². The minimum Gasteiger partial charge on any atom is -0.466 e. The summed E-state index contributed by atoms with van der Waals surface area (Å²) in [6, 6.07) is 1.91. The van der Waals surface area contributed by atoms with E-state index in [9.17, 15) is 9.59 Å². The van der Waals surface area contributed by atoms with Crippen LogP contribution in [-0.4, -0.2) is 23.5 Å². The monoisotopic (exact) mass is 281 g/mol. The van der Waals surface area contributed by atoms with Crippen LogP contribution in [0.3, 0.4) is 0 Å². The Labute approximate surface area is 115 Å². The summed E-state index contributed by atoms with van der Waals surface area (Å²) >= 11 is 1.20. The summed E-state index contributed by atoms with van der Waals surface area (Å²) in [5.74, 6) is -0.782. The van der Waals surface area contributed by atoms with E-state index >= 15 is 0 Å². The van der Waals surface area contributed by atoms with Crippen molar-refractivity contribution >= 4 is 28.3 Å². The van der Waals surface area contributed by atoms with Crippen molar-refractivity contribution < 1.29 is 14.3 Å². The van der Waals surface area contributed by atoms with Crippen LogP contribution in [0.2, 0.25) is 0 Å². The maximum Gasteiger partial charge on any atom is 0.311 e. The molecule has 1 N–H and O–H groups in total. The zero-order valence-electron chi connectivity index (χ0n) is 11.0. The number of nitrogens with one attached hydrogen (secondary N) is 1. The molecule has 0 aromatic carbocycles. The number of nitriles is 1. The second-order valence-electron chi connectivity index (χ2n) is 4.32. The van der Waals surface area contributed by atoms with Gasteiger partial charge in [-0.05, 0) is 20.8 Å².